The molecular formula is C23H28N2O4. The van der Waals surface area contributed by atoms with Crippen LogP contribution in [0.25, 0.3) is 0 Å². The fraction of sp³-hybridized carbons (Fsp3) is 0.435. The molecule has 0 atom stereocenters. The number of nitrogens with zero attached hydrogens (tertiary/aromatic N) is 2. The number of carbonyl (C=O) groups excluding carboxylic acids is 1. The zero-order valence-corrected chi connectivity index (χ0v) is 17.1. The molecule has 1 amide bonds. The molecule has 0 bridgehead atoms. The third kappa shape index (κ3) is 4.48. The molecule has 6 nitrogen and oxygen atoms in total. The minimum Gasteiger partial charge on any atom is -0.497 e. The van der Waals surface area contributed by atoms with Gasteiger partial charge in [-0.2, -0.15) is 0 Å². The fourth-order valence-corrected chi connectivity index (χ4v) is 4.02. The molecule has 2 aromatic carbocycles. The van der Waals surface area contributed by atoms with Crippen LogP contribution in [0.1, 0.15) is 16.7 Å². The van der Waals surface area contributed by atoms with E-state index >= 15 is 0 Å². The molecule has 6 heteroatoms. The predicted octanol–water partition coefficient (Wildman–Crippen LogP) is 2.53. The molecule has 0 aromatic heterocycles. The number of carbonyl (C=O) groups is 1. The number of amides is 1. The minimum atomic E-state index is 0.141. The topological polar surface area (TPSA) is 51.2 Å². The second kappa shape index (κ2) is 8.74. The van der Waals surface area contributed by atoms with Crippen molar-refractivity contribution in [3.05, 3.63) is 53.1 Å². The summed E-state index contributed by atoms with van der Waals surface area (Å²) in [6.45, 7) is 5.00. The van der Waals surface area contributed by atoms with Crippen LogP contribution < -0.4 is 14.2 Å². The average molecular weight is 396 g/mol. The summed E-state index contributed by atoms with van der Waals surface area (Å²) in [4.78, 5) is 17.2. The number of methoxy groups -OCH3 is 2. The van der Waals surface area contributed by atoms with Crippen LogP contribution in [0.3, 0.4) is 0 Å². The van der Waals surface area contributed by atoms with Gasteiger partial charge in [0.15, 0.2) is 0 Å². The van der Waals surface area contributed by atoms with Gasteiger partial charge in [-0.3, -0.25) is 9.69 Å². The van der Waals surface area contributed by atoms with Crippen molar-refractivity contribution >= 4 is 5.91 Å². The first kappa shape index (κ1) is 19.6. The van der Waals surface area contributed by atoms with Crippen LogP contribution in [-0.4, -0.2) is 62.7 Å². The van der Waals surface area contributed by atoms with E-state index in [4.69, 9.17) is 14.2 Å². The van der Waals surface area contributed by atoms with E-state index in [0.29, 0.717) is 12.2 Å². The second-order valence-corrected chi connectivity index (χ2v) is 7.55. The Kier molecular flexibility index (Phi) is 5.90. The molecule has 0 spiro atoms. The van der Waals surface area contributed by atoms with E-state index < -0.39 is 0 Å². The molecule has 2 aliphatic heterocycles. The number of rotatable bonds is 6. The Morgan fingerprint density at radius 1 is 1.03 bits per heavy atom. The summed E-state index contributed by atoms with van der Waals surface area (Å²) in [6, 6.07) is 12.1. The summed E-state index contributed by atoms with van der Waals surface area (Å²) in [5.41, 5.74) is 3.52. The second-order valence-electron chi connectivity index (χ2n) is 7.55. The summed E-state index contributed by atoms with van der Waals surface area (Å²) >= 11 is 0. The molecule has 0 saturated carbocycles. The molecular weight excluding hydrogens is 368 g/mol. The smallest absolute Gasteiger partial charge is 0.227 e. The number of hydrogen-bond acceptors (Lipinski definition) is 5. The molecule has 1 saturated heterocycles. The van der Waals surface area contributed by atoms with E-state index in [1.807, 2.05) is 23.1 Å². The Balaban J connectivity index is 1.31. The van der Waals surface area contributed by atoms with Crippen molar-refractivity contribution in [3.63, 3.8) is 0 Å². The van der Waals surface area contributed by atoms with E-state index in [1.54, 1.807) is 14.2 Å². The van der Waals surface area contributed by atoms with Gasteiger partial charge in [-0.05, 0) is 23.3 Å². The third-order valence-corrected chi connectivity index (χ3v) is 5.72. The summed E-state index contributed by atoms with van der Waals surface area (Å²) in [6.07, 6.45) is 1.35. The molecule has 0 aliphatic carbocycles. The fourth-order valence-electron chi connectivity index (χ4n) is 4.02. The first-order valence-corrected chi connectivity index (χ1v) is 10.1. The van der Waals surface area contributed by atoms with E-state index in [1.165, 1.54) is 11.1 Å². The Bertz CT molecular complexity index is 875. The highest BCUT2D eigenvalue weighted by molar-refractivity contribution is 5.79. The predicted molar refractivity (Wildman–Crippen MR) is 111 cm³/mol. The Hall–Kier alpha value is -2.73. The number of benzene rings is 2. The lowest BCUT2D eigenvalue weighted by molar-refractivity contribution is -0.132. The quantitative estimate of drug-likeness (QED) is 0.751. The van der Waals surface area contributed by atoms with Gasteiger partial charge < -0.3 is 19.1 Å². The highest BCUT2D eigenvalue weighted by Gasteiger charge is 2.23. The van der Waals surface area contributed by atoms with Crippen LogP contribution >= 0.6 is 0 Å². The lowest BCUT2D eigenvalue weighted by atomic mass is 10.1. The molecule has 29 heavy (non-hydrogen) atoms. The van der Waals surface area contributed by atoms with Crippen LogP contribution in [0.5, 0.6) is 17.2 Å². The minimum absolute atomic E-state index is 0.141. The first-order valence-electron chi connectivity index (χ1n) is 10.1. The molecule has 2 heterocycles. The van der Waals surface area contributed by atoms with Crippen molar-refractivity contribution in [2.45, 2.75) is 19.4 Å². The molecule has 2 aliphatic rings. The van der Waals surface area contributed by atoms with Crippen molar-refractivity contribution in [1.29, 1.82) is 0 Å². The van der Waals surface area contributed by atoms with E-state index in [0.717, 1.165) is 62.8 Å². The van der Waals surface area contributed by atoms with Gasteiger partial charge in [-0.15, -0.1) is 0 Å². The number of hydrogen-bond donors (Lipinski definition) is 0. The molecule has 2 aromatic rings. The van der Waals surface area contributed by atoms with E-state index in [9.17, 15) is 4.79 Å². The molecule has 0 radical (unpaired) electrons. The van der Waals surface area contributed by atoms with Gasteiger partial charge in [0.05, 0.1) is 27.2 Å². The maximum atomic E-state index is 12.8. The third-order valence-electron chi connectivity index (χ3n) is 5.72. The SMILES string of the molecule is COc1ccc(CC(=O)N2CCN(Cc3ccc4c(c3)CCO4)CC2)c(OC)c1. The summed E-state index contributed by atoms with van der Waals surface area (Å²) in [5, 5.41) is 0. The van der Waals surface area contributed by atoms with Gasteiger partial charge >= 0.3 is 0 Å². The van der Waals surface area contributed by atoms with Gasteiger partial charge in [0, 0.05) is 50.8 Å². The maximum Gasteiger partial charge on any atom is 0.227 e. The van der Waals surface area contributed by atoms with Gasteiger partial charge in [0.1, 0.15) is 17.2 Å². The van der Waals surface area contributed by atoms with Crippen molar-refractivity contribution < 1.29 is 19.0 Å². The molecule has 0 unspecified atom stereocenters. The van der Waals surface area contributed by atoms with Crippen LogP contribution in [0.15, 0.2) is 36.4 Å². The van der Waals surface area contributed by atoms with E-state index in [-0.39, 0.29) is 5.91 Å². The van der Waals surface area contributed by atoms with Crippen molar-refractivity contribution in [3.8, 4) is 17.2 Å². The molecule has 1 fully saturated rings. The highest BCUT2D eigenvalue weighted by Crippen LogP contribution is 2.27. The number of ether oxygens (including phenoxy) is 3. The normalized spacial score (nSPS) is 16.3. The van der Waals surface area contributed by atoms with E-state index in [2.05, 4.69) is 23.1 Å². The number of fused-ring (bicyclic) bond motifs is 1. The lowest BCUT2D eigenvalue weighted by Crippen LogP contribution is -2.48. The van der Waals surface area contributed by atoms with Gasteiger partial charge in [-0.1, -0.05) is 18.2 Å². The van der Waals surface area contributed by atoms with Gasteiger partial charge in [-0.25, -0.2) is 0 Å². The van der Waals surface area contributed by atoms with Crippen LogP contribution in [0.4, 0.5) is 0 Å². The van der Waals surface area contributed by atoms with Crippen LogP contribution in [-0.2, 0) is 24.2 Å². The van der Waals surface area contributed by atoms with Crippen molar-refractivity contribution in [2.24, 2.45) is 0 Å². The standard InChI is InChI=1S/C23H28N2O4/c1-27-20-5-4-18(22(15-20)28-2)14-23(26)25-10-8-24(9-11-25)16-17-3-6-21-19(13-17)7-12-29-21/h3-6,13,15H,7-12,14,16H2,1-2H3. The number of piperazine rings is 1. The molecule has 4 rings (SSSR count). The average Bonchev–Trinajstić information content (AvgIpc) is 3.22. The highest BCUT2D eigenvalue weighted by atomic mass is 16.5. The zero-order valence-electron chi connectivity index (χ0n) is 17.1. The summed E-state index contributed by atoms with van der Waals surface area (Å²) in [5.74, 6) is 2.59. The van der Waals surface area contributed by atoms with Crippen LogP contribution in [0.2, 0.25) is 0 Å². The largest absolute Gasteiger partial charge is 0.497 e. The van der Waals surface area contributed by atoms with Gasteiger partial charge in [0.2, 0.25) is 5.91 Å². The summed E-state index contributed by atoms with van der Waals surface area (Å²) < 4.78 is 16.2. The Morgan fingerprint density at radius 3 is 2.62 bits per heavy atom. The Labute approximate surface area is 172 Å². The zero-order chi connectivity index (χ0) is 20.2. The van der Waals surface area contributed by atoms with Crippen LogP contribution in [0, 0.1) is 0 Å². The van der Waals surface area contributed by atoms with Crippen molar-refractivity contribution in [2.75, 3.05) is 47.0 Å². The lowest BCUT2D eigenvalue weighted by Gasteiger charge is -2.35. The molecule has 154 valence electrons. The maximum absolute atomic E-state index is 12.8. The molecule has 0 N–H and O–H groups in total. The Morgan fingerprint density at radius 2 is 1.86 bits per heavy atom. The summed E-state index contributed by atoms with van der Waals surface area (Å²) in [7, 11) is 3.24. The van der Waals surface area contributed by atoms with Crippen molar-refractivity contribution in [1.82, 2.24) is 9.80 Å². The van der Waals surface area contributed by atoms with Gasteiger partial charge in [0.25, 0.3) is 0 Å². The first-order chi connectivity index (χ1) is 14.2. The monoisotopic (exact) mass is 396 g/mol.